The number of rotatable bonds is 2. The SMILES string of the molecule is O=[N+]([O-])c1ccc(F)c(-c2ccc(F)cc2)c1. The first-order valence-corrected chi connectivity index (χ1v) is 4.78. The van der Waals surface area contributed by atoms with Gasteiger partial charge < -0.3 is 0 Å². The van der Waals surface area contributed by atoms with E-state index in [9.17, 15) is 18.9 Å². The van der Waals surface area contributed by atoms with Gasteiger partial charge in [0.05, 0.1) is 4.92 Å². The number of hydrogen-bond donors (Lipinski definition) is 0. The molecule has 0 N–H and O–H groups in total. The first-order chi connectivity index (χ1) is 8.08. The summed E-state index contributed by atoms with van der Waals surface area (Å²) >= 11 is 0. The Morgan fingerprint density at radius 3 is 2.24 bits per heavy atom. The fourth-order valence-electron chi connectivity index (χ4n) is 1.48. The summed E-state index contributed by atoms with van der Waals surface area (Å²) in [7, 11) is 0. The summed E-state index contributed by atoms with van der Waals surface area (Å²) in [6.07, 6.45) is 0. The topological polar surface area (TPSA) is 43.1 Å². The molecule has 2 aromatic carbocycles. The van der Waals surface area contributed by atoms with Crippen LogP contribution in [0.2, 0.25) is 0 Å². The Bertz CT molecular complexity index is 567. The van der Waals surface area contributed by atoms with Crippen LogP contribution in [0.4, 0.5) is 14.5 Å². The van der Waals surface area contributed by atoms with Gasteiger partial charge in [0.15, 0.2) is 0 Å². The average molecular weight is 235 g/mol. The van der Waals surface area contributed by atoms with E-state index >= 15 is 0 Å². The maximum Gasteiger partial charge on any atom is 0.270 e. The van der Waals surface area contributed by atoms with Crippen molar-refractivity contribution in [3.63, 3.8) is 0 Å². The number of nitro groups is 1. The maximum absolute atomic E-state index is 13.5. The van der Waals surface area contributed by atoms with Gasteiger partial charge in [-0.25, -0.2) is 8.78 Å². The van der Waals surface area contributed by atoms with Crippen LogP contribution in [-0.2, 0) is 0 Å². The summed E-state index contributed by atoms with van der Waals surface area (Å²) in [5.74, 6) is -1.03. The van der Waals surface area contributed by atoms with Crippen molar-refractivity contribution in [3.05, 3.63) is 64.2 Å². The van der Waals surface area contributed by atoms with Crippen LogP contribution in [0.3, 0.4) is 0 Å². The minimum Gasteiger partial charge on any atom is -0.258 e. The largest absolute Gasteiger partial charge is 0.270 e. The fourth-order valence-corrected chi connectivity index (χ4v) is 1.48. The molecule has 0 atom stereocenters. The summed E-state index contributed by atoms with van der Waals surface area (Å²) in [5.41, 5.74) is 0.275. The molecule has 0 heterocycles. The highest BCUT2D eigenvalue weighted by Crippen LogP contribution is 2.26. The zero-order valence-corrected chi connectivity index (χ0v) is 8.56. The lowest BCUT2D eigenvalue weighted by molar-refractivity contribution is -0.384. The molecule has 0 unspecified atom stereocenters. The fraction of sp³-hybridized carbons (Fsp3) is 0. The van der Waals surface area contributed by atoms with Gasteiger partial charge in [0, 0.05) is 17.7 Å². The van der Waals surface area contributed by atoms with E-state index in [-0.39, 0.29) is 11.3 Å². The van der Waals surface area contributed by atoms with E-state index in [1.165, 1.54) is 24.3 Å². The smallest absolute Gasteiger partial charge is 0.258 e. The van der Waals surface area contributed by atoms with E-state index in [0.29, 0.717) is 5.56 Å². The van der Waals surface area contributed by atoms with E-state index in [1.54, 1.807) is 0 Å². The minimum atomic E-state index is -0.605. The lowest BCUT2D eigenvalue weighted by Gasteiger charge is -2.03. The van der Waals surface area contributed by atoms with Gasteiger partial charge in [0.2, 0.25) is 0 Å². The van der Waals surface area contributed by atoms with Crippen LogP contribution in [0.5, 0.6) is 0 Å². The molecule has 0 aliphatic rings. The van der Waals surface area contributed by atoms with Gasteiger partial charge in [-0.15, -0.1) is 0 Å². The quantitative estimate of drug-likeness (QED) is 0.590. The molecule has 0 radical (unpaired) electrons. The second kappa shape index (κ2) is 4.29. The van der Waals surface area contributed by atoms with Gasteiger partial charge in [0.25, 0.3) is 5.69 Å². The molecule has 3 nitrogen and oxygen atoms in total. The molecule has 0 amide bonds. The van der Waals surface area contributed by atoms with Crippen molar-refractivity contribution < 1.29 is 13.7 Å². The predicted octanol–water partition coefficient (Wildman–Crippen LogP) is 3.54. The van der Waals surface area contributed by atoms with E-state index in [1.807, 2.05) is 0 Å². The lowest BCUT2D eigenvalue weighted by Crippen LogP contribution is -1.91. The molecule has 0 fully saturated rings. The van der Waals surface area contributed by atoms with Gasteiger partial charge in [-0.3, -0.25) is 10.1 Å². The average Bonchev–Trinajstić information content (AvgIpc) is 2.31. The number of hydrogen-bond acceptors (Lipinski definition) is 2. The molecule has 0 spiro atoms. The second-order valence-electron chi connectivity index (χ2n) is 3.43. The predicted molar refractivity (Wildman–Crippen MR) is 58.4 cm³/mol. The highest BCUT2D eigenvalue weighted by atomic mass is 19.1. The number of nitro benzene ring substituents is 1. The monoisotopic (exact) mass is 235 g/mol. The van der Waals surface area contributed by atoms with E-state index in [2.05, 4.69) is 0 Å². The van der Waals surface area contributed by atoms with Gasteiger partial charge in [-0.2, -0.15) is 0 Å². The van der Waals surface area contributed by atoms with Gasteiger partial charge in [-0.1, -0.05) is 12.1 Å². The third-order valence-electron chi connectivity index (χ3n) is 2.32. The van der Waals surface area contributed by atoms with Gasteiger partial charge in [-0.05, 0) is 23.8 Å². The van der Waals surface area contributed by atoms with Crippen LogP contribution in [0.15, 0.2) is 42.5 Å². The van der Waals surface area contributed by atoms with Crippen LogP contribution < -0.4 is 0 Å². The standard InChI is InChI=1S/C12H7F2NO2/c13-9-3-1-8(2-4-9)11-7-10(15(16)17)5-6-12(11)14/h1-7H. The molecule has 0 saturated carbocycles. The Balaban J connectivity index is 2.54. The zero-order chi connectivity index (χ0) is 12.4. The molecule has 0 aromatic heterocycles. The molecule has 0 saturated heterocycles. The molecule has 5 heteroatoms. The van der Waals surface area contributed by atoms with Crippen molar-refractivity contribution in [2.75, 3.05) is 0 Å². The number of halogens is 2. The molecular formula is C12H7F2NO2. The van der Waals surface area contributed by atoms with Crippen molar-refractivity contribution in [2.24, 2.45) is 0 Å². The molecule has 0 aliphatic heterocycles. The minimum absolute atomic E-state index is 0.0826. The molecule has 2 rings (SSSR count). The molecular weight excluding hydrogens is 228 g/mol. The Hall–Kier alpha value is -2.30. The first kappa shape index (κ1) is 11.2. The summed E-state index contributed by atoms with van der Waals surface area (Å²) in [4.78, 5) is 9.97. The van der Waals surface area contributed by atoms with E-state index in [0.717, 1.165) is 18.2 Å². The van der Waals surface area contributed by atoms with Crippen LogP contribution >= 0.6 is 0 Å². The molecule has 86 valence electrons. The van der Waals surface area contributed by atoms with E-state index < -0.39 is 16.6 Å². The van der Waals surface area contributed by atoms with Crippen molar-refractivity contribution in [1.29, 1.82) is 0 Å². The first-order valence-electron chi connectivity index (χ1n) is 4.78. The Labute approximate surface area is 95.5 Å². The normalized spacial score (nSPS) is 10.2. The van der Waals surface area contributed by atoms with E-state index in [4.69, 9.17) is 0 Å². The van der Waals surface area contributed by atoms with Crippen molar-refractivity contribution in [1.82, 2.24) is 0 Å². The highest BCUT2D eigenvalue weighted by molar-refractivity contribution is 5.66. The van der Waals surface area contributed by atoms with Gasteiger partial charge >= 0.3 is 0 Å². The molecule has 0 aliphatic carbocycles. The third kappa shape index (κ3) is 2.28. The summed E-state index contributed by atoms with van der Waals surface area (Å²) in [6.45, 7) is 0. The van der Waals surface area contributed by atoms with Crippen LogP contribution in [0.1, 0.15) is 0 Å². The lowest BCUT2D eigenvalue weighted by atomic mass is 10.0. The van der Waals surface area contributed by atoms with Crippen molar-refractivity contribution in [3.8, 4) is 11.1 Å². The summed E-state index contributed by atoms with van der Waals surface area (Å²) < 4.78 is 26.2. The second-order valence-corrected chi connectivity index (χ2v) is 3.43. The van der Waals surface area contributed by atoms with Crippen LogP contribution in [0, 0.1) is 21.7 Å². The highest BCUT2D eigenvalue weighted by Gasteiger charge is 2.12. The summed E-state index contributed by atoms with van der Waals surface area (Å²) in [6, 6.07) is 8.33. The third-order valence-corrected chi connectivity index (χ3v) is 2.32. The Kier molecular flexibility index (Phi) is 2.82. The zero-order valence-electron chi connectivity index (χ0n) is 8.56. The van der Waals surface area contributed by atoms with Gasteiger partial charge in [0.1, 0.15) is 11.6 Å². The number of non-ortho nitro benzene ring substituents is 1. The Morgan fingerprint density at radius 1 is 1.00 bits per heavy atom. The molecule has 2 aromatic rings. The van der Waals surface area contributed by atoms with Crippen LogP contribution in [-0.4, -0.2) is 4.92 Å². The molecule has 17 heavy (non-hydrogen) atoms. The molecule has 0 bridgehead atoms. The Morgan fingerprint density at radius 2 is 1.65 bits per heavy atom. The van der Waals surface area contributed by atoms with Crippen LogP contribution in [0.25, 0.3) is 11.1 Å². The maximum atomic E-state index is 13.5. The number of benzene rings is 2. The van der Waals surface area contributed by atoms with Crippen molar-refractivity contribution in [2.45, 2.75) is 0 Å². The summed E-state index contributed by atoms with van der Waals surface area (Å²) in [5, 5.41) is 10.6. The van der Waals surface area contributed by atoms with Crippen molar-refractivity contribution >= 4 is 5.69 Å². The number of nitrogens with zero attached hydrogens (tertiary/aromatic N) is 1.